The summed E-state index contributed by atoms with van der Waals surface area (Å²) in [6.07, 6.45) is 0. The van der Waals surface area contributed by atoms with E-state index in [1.54, 1.807) is 0 Å². The second-order valence-corrected chi connectivity index (χ2v) is 18.8. The van der Waals surface area contributed by atoms with Crippen LogP contribution in [0.2, 0.25) is 0 Å². The number of hydrogen-bond donors (Lipinski definition) is 0. The van der Waals surface area contributed by atoms with Crippen LogP contribution in [-0.2, 0) is 0 Å². The van der Waals surface area contributed by atoms with Gasteiger partial charge >= 0.3 is 0 Å². The Morgan fingerprint density at radius 3 is 1.12 bits per heavy atom. The van der Waals surface area contributed by atoms with Crippen molar-refractivity contribution in [3.8, 4) is 90.0 Å². The Kier molecular flexibility index (Phi) is 10.4. The number of aromatic nitrogens is 5. The average molecular weight is 944 g/mol. The predicted molar refractivity (Wildman–Crippen MR) is 307 cm³/mol. The van der Waals surface area contributed by atoms with Gasteiger partial charge in [-0.2, -0.15) is 9.97 Å². The molecule has 3 heterocycles. The third kappa shape index (κ3) is 7.46. The molecule has 0 unspecified atom stereocenters. The van der Waals surface area contributed by atoms with Crippen LogP contribution in [0.15, 0.2) is 273 Å². The Morgan fingerprint density at radius 2 is 0.595 bits per heavy atom. The lowest BCUT2D eigenvalue weighted by Gasteiger charge is -2.18. The second kappa shape index (κ2) is 18.0. The van der Waals surface area contributed by atoms with Crippen LogP contribution in [0.25, 0.3) is 134 Å². The van der Waals surface area contributed by atoms with Crippen molar-refractivity contribution in [1.82, 2.24) is 24.1 Å². The van der Waals surface area contributed by atoms with E-state index in [1.807, 2.05) is 24.3 Å². The SMILES string of the molecule is c1ccc(-c2ccc(-c3nc(-c4ccccc4)nc(-n4c5ccccc5c5ccc6c7ccccc7n(-c7ccc(-c8cc(-c9ccccc9)cc(-c9ccccc9)c8)cc7-c7ccccc7)c6c54)n3)cc2)cc1. The summed E-state index contributed by atoms with van der Waals surface area (Å²) in [6.45, 7) is 0. The van der Waals surface area contributed by atoms with Crippen LogP contribution in [0.3, 0.4) is 0 Å². The van der Waals surface area contributed by atoms with Gasteiger partial charge in [-0.05, 0) is 92.5 Å². The first kappa shape index (κ1) is 42.9. The Labute approximate surface area is 428 Å². The monoisotopic (exact) mass is 943 g/mol. The number of rotatable bonds is 9. The topological polar surface area (TPSA) is 48.5 Å². The molecule has 0 atom stereocenters. The zero-order valence-electron chi connectivity index (χ0n) is 40.2. The third-order valence-corrected chi connectivity index (χ3v) is 14.4. The van der Waals surface area contributed by atoms with Crippen LogP contribution in [0.4, 0.5) is 0 Å². The lowest BCUT2D eigenvalue weighted by molar-refractivity contribution is 0.953. The third-order valence-electron chi connectivity index (χ3n) is 14.4. The first-order valence-electron chi connectivity index (χ1n) is 25.1. The normalized spacial score (nSPS) is 11.5. The predicted octanol–water partition coefficient (Wildman–Crippen LogP) is 17.7. The smallest absolute Gasteiger partial charge is 0.238 e. The van der Waals surface area contributed by atoms with E-state index in [-0.39, 0.29) is 0 Å². The molecule has 0 spiro atoms. The van der Waals surface area contributed by atoms with Crippen LogP contribution in [-0.4, -0.2) is 24.1 Å². The minimum atomic E-state index is 0.544. The minimum Gasteiger partial charge on any atom is -0.307 e. The van der Waals surface area contributed by atoms with Crippen molar-refractivity contribution in [2.45, 2.75) is 0 Å². The van der Waals surface area contributed by atoms with Gasteiger partial charge in [0.1, 0.15) is 0 Å². The average Bonchev–Trinajstić information content (AvgIpc) is 4.07. The Hall–Kier alpha value is -9.97. The van der Waals surface area contributed by atoms with Crippen LogP contribution in [0, 0.1) is 0 Å². The van der Waals surface area contributed by atoms with Gasteiger partial charge in [0, 0.05) is 38.2 Å². The van der Waals surface area contributed by atoms with Gasteiger partial charge in [0.15, 0.2) is 11.6 Å². The molecule has 0 fully saturated rings. The van der Waals surface area contributed by atoms with Crippen LogP contribution >= 0.6 is 0 Å². The van der Waals surface area contributed by atoms with Crippen molar-refractivity contribution in [1.29, 1.82) is 0 Å². The summed E-state index contributed by atoms with van der Waals surface area (Å²) in [5, 5.41) is 4.52. The van der Waals surface area contributed by atoms with Gasteiger partial charge < -0.3 is 4.57 Å². The molecule has 14 aromatic rings. The van der Waals surface area contributed by atoms with Gasteiger partial charge in [-0.1, -0.05) is 231 Å². The Morgan fingerprint density at radius 1 is 0.230 bits per heavy atom. The van der Waals surface area contributed by atoms with Crippen LogP contribution in [0.1, 0.15) is 0 Å². The molecule has 3 aromatic heterocycles. The fourth-order valence-electron chi connectivity index (χ4n) is 10.9. The lowest BCUT2D eigenvalue weighted by Crippen LogP contribution is -2.07. The van der Waals surface area contributed by atoms with Crippen LogP contribution in [0.5, 0.6) is 0 Å². The first-order valence-corrected chi connectivity index (χ1v) is 25.1. The van der Waals surface area contributed by atoms with Crippen LogP contribution < -0.4 is 0 Å². The molecule has 14 rings (SSSR count). The maximum Gasteiger partial charge on any atom is 0.238 e. The fraction of sp³-hybridized carbons (Fsp3) is 0. The standard InChI is InChI=1S/C69H45N5/c1-6-20-46(21-7-1)49-34-36-52(37-35-49)68-70-67(51-28-14-5-15-29-51)71-69(72-68)74-63-33-19-17-31-58(63)60-40-39-59-57-30-16-18-32-62(57)73(65(59)66(60)74)64-41-38-53(45-61(64)50-26-12-4-13-27-50)56-43-54(47-22-8-2-9-23-47)42-55(44-56)48-24-10-3-11-25-48/h1-45H. The van der Waals surface area contributed by atoms with Gasteiger partial charge in [-0.15, -0.1) is 0 Å². The molecule has 0 N–H and O–H groups in total. The summed E-state index contributed by atoms with van der Waals surface area (Å²) in [5.41, 5.74) is 18.6. The molecule has 11 aromatic carbocycles. The molecular formula is C69H45N5. The van der Waals surface area contributed by atoms with E-state index >= 15 is 0 Å². The number of fused-ring (bicyclic) bond motifs is 7. The second-order valence-electron chi connectivity index (χ2n) is 18.8. The van der Waals surface area contributed by atoms with Gasteiger partial charge in [-0.25, -0.2) is 4.98 Å². The molecule has 0 aliphatic heterocycles. The molecule has 0 radical (unpaired) electrons. The van der Waals surface area contributed by atoms with Gasteiger partial charge in [0.05, 0.1) is 27.8 Å². The summed E-state index contributed by atoms with van der Waals surface area (Å²) < 4.78 is 4.75. The van der Waals surface area contributed by atoms with Crippen molar-refractivity contribution in [2.75, 3.05) is 0 Å². The fourth-order valence-corrected chi connectivity index (χ4v) is 10.9. The maximum atomic E-state index is 5.44. The molecule has 0 amide bonds. The Balaban J connectivity index is 1.04. The summed E-state index contributed by atoms with van der Waals surface area (Å²) in [6, 6.07) is 97.4. The van der Waals surface area contributed by atoms with E-state index in [1.165, 1.54) is 22.3 Å². The van der Waals surface area contributed by atoms with E-state index < -0.39 is 0 Å². The molecule has 0 saturated heterocycles. The Bertz CT molecular complexity index is 4320. The van der Waals surface area contributed by atoms with Gasteiger partial charge in [-0.3, -0.25) is 4.57 Å². The molecule has 0 saturated carbocycles. The van der Waals surface area contributed by atoms with Gasteiger partial charge in [0.2, 0.25) is 5.95 Å². The number of nitrogens with zero attached hydrogens (tertiary/aromatic N) is 5. The highest BCUT2D eigenvalue weighted by Gasteiger charge is 2.25. The van der Waals surface area contributed by atoms with Crippen molar-refractivity contribution in [3.05, 3.63) is 273 Å². The molecular weight excluding hydrogens is 899 g/mol. The highest BCUT2D eigenvalue weighted by Crippen LogP contribution is 2.44. The van der Waals surface area contributed by atoms with E-state index in [9.17, 15) is 0 Å². The quantitative estimate of drug-likeness (QED) is 0.145. The first-order chi connectivity index (χ1) is 36.7. The summed E-state index contributed by atoms with van der Waals surface area (Å²) in [5.74, 6) is 1.74. The zero-order chi connectivity index (χ0) is 49.0. The molecule has 5 heteroatoms. The largest absolute Gasteiger partial charge is 0.307 e. The van der Waals surface area contributed by atoms with Crippen molar-refractivity contribution in [2.24, 2.45) is 0 Å². The van der Waals surface area contributed by atoms with E-state index in [4.69, 9.17) is 15.0 Å². The van der Waals surface area contributed by atoms with Crippen molar-refractivity contribution in [3.63, 3.8) is 0 Å². The number of benzene rings is 11. The molecule has 0 aliphatic carbocycles. The molecule has 0 bridgehead atoms. The van der Waals surface area contributed by atoms with Gasteiger partial charge in [0.25, 0.3) is 0 Å². The zero-order valence-corrected chi connectivity index (χ0v) is 40.2. The summed E-state index contributed by atoms with van der Waals surface area (Å²) in [7, 11) is 0. The molecule has 0 aliphatic rings. The number of para-hydroxylation sites is 2. The van der Waals surface area contributed by atoms with E-state index in [2.05, 4.69) is 258 Å². The molecule has 5 nitrogen and oxygen atoms in total. The van der Waals surface area contributed by atoms with Crippen molar-refractivity contribution < 1.29 is 0 Å². The summed E-state index contributed by atoms with van der Waals surface area (Å²) in [4.78, 5) is 16.0. The highest BCUT2D eigenvalue weighted by atomic mass is 15.2. The van der Waals surface area contributed by atoms with E-state index in [0.29, 0.717) is 17.6 Å². The number of hydrogen-bond acceptors (Lipinski definition) is 3. The van der Waals surface area contributed by atoms with Crippen molar-refractivity contribution >= 4 is 43.6 Å². The minimum absolute atomic E-state index is 0.544. The molecule has 74 heavy (non-hydrogen) atoms. The maximum absolute atomic E-state index is 5.44. The highest BCUT2D eigenvalue weighted by molar-refractivity contribution is 6.24. The summed E-state index contributed by atoms with van der Waals surface area (Å²) >= 11 is 0. The lowest BCUT2D eigenvalue weighted by atomic mass is 9.91. The molecule has 346 valence electrons. The van der Waals surface area contributed by atoms with E-state index in [0.717, 1.165) is 93.8 Å².